The zero-order valence-corrected chi connectivity index (χ0v) is 32.2. The molecule has 10 rings (SSSR count). The summed E-state index contributed by atoms with van der Waals surface area (Å²) in [5.74, 6) is 0.780. The Morgan fingerprint density at radius 3 is 2.49 bits per heavy atom. The van der Waals surface area contributed by atoms with E-state index in [1.165, 1.54) is 4.90 Å². The summed E-state index contributed by atoms with van der Waals surface area (Å²) in [6.45, 7) is 8.04. The van der Waals surface area contributed by atoms with Crippen LogP contribution in [0.3, 0.4) is 0 Å². The summed E-state index contributed by atoms with van der Waals surface area (Å²) in [6, 6.07) is 10.7. The van der Waals surface area contributed by atoms with Crippen LogP contribution in [-0.2, 0) is 20.9 Å². The molecular formula is C42H48FN9O5. The van der Waals surface area contributed by atoms with E-state index in [1.54, 1.807) is 18.5 Å². The van der Waals surface area contributed by atoms with Gasteiger partial charge in [0, 0.05) is 74.8 Å². The third-order valence-electron chi connectivity index (χ3n) is 13.0. The first-order chi connectivity index (χ1) is 27.7. The highest BCUT2D eigenvalue weighted by Gasteiger charge is 2.42. The van der Waals surface area contributed by atoms with E-state index in [2.05, 4.69) is 53.2 Å². The molecule has 14 nitrogen and oxygen atoms in total. The Balaban J connectivity index is 0.671. The summed E-state index contributed by atoms with van der Waals surface area (Å²) < 4.78 is 28.7. The minimum atomic E-state index is -0.760. The third-order valence-corrected chi connectivity index (χ3v) is 13.0. The van der Waals surface area contributed by atoms with E-state index in [1.807, 2.05) is 18.2 Å². The average molecular weight is 778 g/mol. The van der Waals surface area contributed by atoms with Crippen LogP contribution in [0.1, 0.15) is 74.2 Å². The average Bonchev–Trinajstić information content (AvgIpc) is 3.61. The van der Waals surface area contributed by atoms with E-state index < -0.39 is 11.9 Å². The van der Waals surface area contributed by atoms with Gasteiger partial charge in [-0.2, -0.15) is 5.10 Å². The second kappa shape index (κ2) is 14.3. The molecular weight excluding hydrogens is 730 g/mol. The molecule has 6 heterocycles. The number of H-pyrrole nitrogens is 1. The molecule has 3 saturated heterocycles. The minimum absolute atomic E-state index is 0.0362. The number of aromatic amines is 1. The summed E-state index contributed by atoms with van der Waals surface area (Å²) in [6.07, 6.45) is 8.80. The van der Waals surface area contributed by atoms with Crippen LogP contribution in [-0.4, -0.2) is 117 Å². The molecule has 2 saturated carbocycles. The Kier molecular flexibility index (Phi) is 9.11. The Labute approximate surface area is 330 Å². The topological polar surface area (TPSA) is 149 Å². The van der Waals surface area contributed by atoms with Crippen LogP contribution in [0, 0.1) is 11.7 Å². The minimum Gasteiger partial charge on any atom is -0.488 e. The number of amides is 3. The van der Waals surface area contributed by atoms with Crippen molar-refractivity contribution in [3.05, 3.63) is 59.7 Å². The van der Waals surface area contributed by atoms with Crippen molar-refractivity contribution < 1.29 is 28.2 Å². The van der Waals surface area contributed by atoms with E-state index in [-0.39, 0.29) is 48.7 Å². The van der Waals surface area contributed by atoms with Gasteiger partial charge in [-0.1, -0.05) is 0 Å². The van der Waals surface area contributed by atoms with Crippen molar-refractivity contribution >= 4 is 40.1 Å². The van der Waals surface area contributed by atoms with Crippen molar-refractivity contribution in [2.75, 3.05) is 55.6 Å². The first-order valence-corrected chi connectivity index (χ1v) is 20.5. The smallest absolute Gasteiger partial charge is 0.255 e. The van der Waals surface area contributed by atoms with Crippen LogP contribution in [0.25, 0.3) is 22.3 Å². The highest BCUT2D eigenvalue weighted by atomic mass is 19.1. The molecule has 15 heteroatoms. The molecule has 2 aromatic carbocycles. The molecule has 3 amide bonds. The summed E-state index contributed by atoms with van der Waals surface area (Å²) in [5.41, 5.74) is 3.64. The van der Waals surface area contributed by atoms with Gasteiger partial charge in [-0.15, -0.1) is 0 Å². The van der Waals surface area contributed by atoms with Crippen molar-refractivity contribution in [3.8, 4) is 17.1 Å². The quantitative estimate of drug-likeness (QED) is 0.220. The Hall–Kier alpha value is -5.15. The van der Waals surface area contributed by atoms with Gasteiger partial charge in [-0.25, -0.2) is 14.4 Å². The van der Waals surface area contributed by atoms with Crippen molar-refractivity contribution in [3.63, 3.8) is 0 Å². The SMILES string of the molecule is CC1(Oc2ccc3n[nH]c(-c4cc(N5CCC(O[C@H]6C[C@H](CN7CCN(c8ccc9c(c8F)CN(C8CCC(=O)NC8=O)C9=O)CC7)C6)CC5)ncn4)c3c2)CC1. The number of halogens is 1. The van der Waals surface area contributed by atoms with Gasteiger partial charge in [0.2, 0.25) is 11.8 Å². The molecule has 2 N–H and O–H groups in total. The lowest BCUT2D eigenvalue weighted by atomic mass is 9.81. The first-order valence-electron chi connectivity index (χ1n) is 20.5. The van der Waals surface area contributed by atoms with E-state index in [9.17, 15) is 14.4 Å². The fourth-order valence-corrected chi connectivity index (χ4v) is 9.27. The Morgan fingerprint density at radius 2 is 1.72 bits per heavy atom. The number of nitrogens with one attached hydrogen (secondary N) is 2. The summed E-state index contributed by atoms with van der Waals surface area (Å²) in [5, 5.41) is 11.0. The molecule has 4 aromatic rings. The van der Waals surface area contributed by atoms with Crippen LogP contribution < -0.4 is 19.9 Å². The normalized spacial score (nSPS) is 25.1. The van der Waals surface area contributed by atoms with Gasteiger partial charge in [0.1, 0.15) is 29.5 Å². The number of aromatic nitrogens is 4. The third kappa shape index (κ3) is 7.09. The maximum Gasteiger partial charge on any atom is 0.255 e. The lowest BCUT2D eigenvalue weighted by molar-refractivity contribution is -0.136. The van der Waals surface area contributed by atoms with Crippen molar-refractivity contribution in [2.45, 2.75) is 88.7 Å². The molecule has 1 unspecified atom stereocenters. The number of rotatable bonds is 10. The van der Waals surface area contributed by atoms with Gasteiger partial charge in [-0.05, 0) is 88.1 Å². The van der Waals surface area contributed by atoms with E-state index in [4.69, 9.17) is 9.47 Å². The second-order valence-electron chi connectivity index (χ2n) is 17.0. The highest BCUT2D eigenvalue weighted by Crippen LogP contribution is 2.41. The number of imide groups is 1. The molecule has 6 aliphatic rings. The monoisotopic (exact) mass is 777 g/mol. The van der Waals surface area contributed by atoms with Gasteiger partial charge in [0.15, 0.2) is 5.82 Å². The number of ether oxygens (including phenoxy) is 2. The van der Waals surface area contributed by atoms with Gasteiger partial charge in [-0.3, -0.25) is 29.7 Å². The number of piperazine rings is 1. The molecule has 0 bridgehead atoms. The van der Waals surface area contributed by atoms with Crippen molar-refractivity contribution in [1.29, 1.82) is 0 Å². The van der Waals surface area contributed by atoms with Gasteiger partial charge >= 0.3 is 0 Å². The lowest BCUT2D eigenvalue weighted by Gasteiger charge is -2.43. The lowest BCUT2D eigenvalue weighted by Crippen LogP contribution is -2.52. The van der Waals surface area contributed by atoms with Crippen LogP contribution in [0.2, 0.25) is 0 Å². The number of carbonyl (C=O) groups is 3. The van der Waals surface area contributed by atoms with Gasteiger partial charge < -0.3 is 24.2 Å². The molecule has 4 aliphatic heterocycles. The van der Waals surface area contributed by atoms with E-state index in [0.717, 1.165) is 105 Å². The standard InChI is InChI=1S/C42H48FN9O5/c1-42(10-11-42)57-27-2-4-32-30(20-27)39(48-47-32)33-21-36(45-24-44-33)51-12-8-26(9-13-51)56-28-18-25(19-28)22-49-14-16-50(17-15-49)34-5-3-29-31(38(34)43)23-52(41(29)55)35-6-7-37(53)46-40(35)54/h2-5,20-21,24-26,28,35H,6-19,22-23H2,1H3,(H,47,48)(H,46,53,54)/t25-,28-,35?. The number of anilines is 2. The highest BCUT2D eigenvalue weighted by molar-refractivity contribution is 6.05. The van der Waals surface area contributed by atoms with Crippen molar-refractivity contribution in [1.82, 2.24) is 35.3 Å². The van der Waals surface area contributed by atoms with E-state index in [0.29, 0.717) is 41.9 Å². The fourth-order valence-electron chi connectivity index (χ4n) is 9.27. The maximum atomic E-state index is 15.9. The summed E-state index contributed by atoms with van der Waals surface area (Å²) in [4.78, 5) is 54.6. The Morgan fingerprint density at radius 1 is 0.912 bits per heavy atom. The fraction of sp³-hybridized carbons (Fsp3) is 0.524. The number of piperidine rings is 2. The molecule has 2 aliphatic carbocycles. The molecule has 1 atom stereocenters. The number of hydrogen-bond donors (Lipinski definition) is 2. The Bertz CT molecular complexity index is 2220. The van der Waals surface area contributed by atoms with E-state index >= 15 is 4.39 Å². The molecule has 2 aromatic heterocycles. The molecule has 0 radical (unpaired) electrons. The van der Waals surface area contributed by atoms with Gasteiger partial charge in [0.05, 0.1) is 41.3 Å². The molecule has 298 valence electrons. The maximum absolute atomic E-state index is 15.9. The summed E-state index contributed by atoms with van der Waals surface area (Å²) >= 11 is 0. The first kappa shape index (κ1) is 36.2. The molecule has 0 spiro atoms. The molecule has 57 heavy (non-hydrogen) atoms. The van der Waals surface area contributed by atoms with Crippen LogP contribution in [0.4, 0.5) is 15.9 Å². The largest absolute Gasteiger partial charge is 0.488 e. The number of nitrogens with zero attached hydrogens (tertiary/aromatic N) is 7. The zero-order valence-electron chi connectivity index (χ0n) is 32.2. The number of benzene rings is 2. The zero-order chi connectivity index (χ0) is 38.8. The molecule has 5 fully saturated rings. The number of carbonyl (C=O) groups excluding carboxylic acids is 3. The van der Waals surface area contributed by atoms with Crippen LogP contribution >= 0.6 is 0 Å². The number of fused-ring (bicyclic) bond motifs is 2. The summed E-state index contributed by atoms with van der Waals surface area (Å²) in [7, 11) is 0. The van der Waals surface area contributed by atoms with Crippen molar-refractivity contribution in [2.24, 2.45) is 5.92 Å². The predicted molar refractivity (Wildman–Crippen MR) is 209 cm³/mol. The second-order valence-corrected chi connectivity index (χ2v) is 17.0. The van der Waals surface area contributed by atoms with Gasteiger partial charge in [0.25, 0.3) is 5.91 Å². The van der Waals surface area contributed by atoms with Crippen LogP contribution in [0.5, 0.6) is 5.75 Å². The predicted octanol–water partition coefficient (Wildman–Crippen LogP) is 4.44. The van der Waals surface area contributed by atoms with Crippen LogP contribution in [0.15, 0.2) is 42.7 Å². The number of hydrogen-bond acceptors (Lipinski definition) is 11.